The van der Waals surface area contributed by atoms with E-state index in [4.69, 9.17) is 10.00 Å². The lowest BCUT2D eigenvalue weighted by molar-refractivity contribution is 0.0925. The smallest absolute Gasteiger partial charge is 0.176 e. The van der Waals surface area contributed by atoms with Crippen molar-refractivity contribution >= 4 is 5.78 Å². The standard InChI is InChI=1S/C15H20N2O2/c1-4-19-14-7-5-13(6-8-14)15(18)11-17(3)12(2)9-10-16/h5-8,12H,4,9,11H2,1-3H3. The summed E-state index contributed by atoms with van der Waals surface area (Å²) in [7, 11) is 1.86. The highest BCUT2D eigenvalue weighted by Gasteiger charge is 2.14. The molecule has 0 radical (unpaired) electrons. The normalized spacial score (nSPS) is 11.9. The van der Waals surface area contributed by atoms with Gasteiger partial charge in [0.2, 0.25) is 0 Å². The summed E-state index contributed by atoms with van der Waals surface area (Å²) in [6.07, 6.45) is 0.424. The van der Waals surface area contributed by atoms with E-state index in [1.807, 2.05) is 25.8 Å². The molecule has 0 amide bonds. The Kier molecular flexibility index (Phi) is 6.04. The second-order valence-electron chi connectivity index (χ2n) is 4.51. The van der Waals surface area contributed by atoms with Crippen molar-refractivity contribution in [1.82, 2.24) is 4.90 Å². The Hall–Kier alpha value is -1.86. The van der Waals surface area contributed by atoms with Crippen molar-refractivity contribution in [3.8, 4) is 11.8 Å². The fraction of sp³-hybridized carbons (Fsp3) is 0.467. The van der Waals surface area contributed by atoms with E-state index >= 15 is 0 Å². The van der Waals surface area contributed by atoms with Gasteiger partial charge in [-0.3, -0.25) is 9.69 Å². The van der Waals surface area contributed by atoms with Gasteiger partial charge >= 0.3 is 0 Å². The van der Waals surface area contributed by atoms with Gasteiger partial charge in [-0.15, -0.1) is 0 Å². The van der Waals surface area contributed by atoms with Gasteiger partial charge in [0, 0.05) is 11.6 Å². The number of carbonyl (C=O) groups is 1. The average Bonchev–Trinajstić information content (AvgIpc) is 2.40. The fourth-order valence-corrected chi connectivity index (χ4v) is 1.67. The van der Waals surface area contributed by atoms with Crippen LogP contribution < -0.4 is 4.74 Å². The first-order valence-electron chi connectivity index (χ1n) is 6.41. The molecule has 1 atom stereocenters. The molecule has 0 heterocycles. The van der Waals surface area contributed by atoms with Gasteiger partial charge < -0.3 is 4.74 Å². The van der Waals surface area contributed by atoms with Crippen LogP contribution in [0.3, 0.4) is 0 Å². The molecule has 0 bridgehead atoms. The molecule has 102 valence electrons. The summed E-state index contributed by atoms with van der Waals surface area (Å²) in [4.78, 5) is 14.0. The van der Waals surface area contributed by atoms with E-state index in [1.165, 1.54) is 0 Å². The number of nitriles is 1. The Morgan fingerprint density at radius 3 is 2.58 bits per heavy atom. The van der Waals surface area contributed by atoms with Crippen LogP contribution in [0.4, 0.5) is 0 Å². The van der Waals surface area contributed by atoms with Crippen LogP contribution in [0.5, 0.6) is 5.75 Å². The summed E-state index contributed by atoms with van der Waals surface area (Å²) in [6.45, 7) is 4.79. The zero-order chi connectivity index (χ0) is 14.3. The van der Waals surface area contributed by atoms with Gasteiger partial charge in [-0.25, -0.2) is 0 Å². The minimum Gasteiger partial charge on any atom is -0.494 e. The average molecular weight is 260 g/mol. The third kappa shape index (κ3) is 4.72. The maximum atomic E-state index is 12.1. The molecule has 0 fully saturated rings. The maximum Gasteiger partial charge on any atom is 0.176 e. The zero-order valence-electron chi connectivity index (χ0n) is 11.7. The van der Waals surface area contributed by atoms with E-state index in [0.29, 0.717) is 25.1 Å². The number of hydrogen-bond acceptors (Lipinski definition) is 4. The molecular weight excluding hydrogens is 240 g/mol. The van der Waals surface area contributed by atoms with Crippen molar-refractivity contribution in [3.05, 3.63) is 29.8 Å². The highest BCUT2D eigenvalue weighted by molar-refractivity contribution is 5.97. The molecule has 0 saturated heterocycles. The van der Waals surface area contributed by atoms with Gasteiger partial charge in [0.1, 0.15) is 5.75 Å². The molecule has 4 nitrogen and oxygen atoms in total. The van der Waals surface area contributed by atoms with Crippen molar-refractivity contribution in [1.29, 1.82) is 5.26 Å². The largest absolute Gasteiger partial charge is 0.494 e. The molecule has 0 aliphatic rings. The second kappa shape index (κ2) is 7.55. The van der Waals surface area contributed by atoms with Gasteiger partial charge in [-0.05, 0) is 45.2 Å². The van der Waals surface area contributed by atoms with Crippen LogP contribution in [0.1, 0.15) is 30.6 Å². The lowest BCUT2D eigenvalue weighted by atomic mass is 10.1. The van der Waals surface area contributed by atoms with E-state index in [-0.39, 0.29) is 11.8 Å². The third-order valence-corrected chi connectivity index (χ3v) is 3.02. The molecule has 0 spiro atoms. The number of Topliss-reactive ketones (excluding diaryl/α,β-unsaturated/α-hetero) is 1. The SMILES string of the molecule is CCOc1ccc(C(=O)CN(C)C(C)CC#N)cc1. The third-order valence-electron chi connectivity index (χ3n) is 3.02. The summed E-state index contributed by atoms with van der Waals surface area (Å²) in [5, 5.41) is 8.64. The predicted octanol–water partition coefficient (Wildman–Crippen LogP) is 2.50. The minimum atomic E-state index is 0.0512. The van der Waals surface area contributed by atoms with Crippen molar-refractivity contribution < 1.29 is 9.53 Å². The van der Waals surface area contributed by atoms with Crippen LogP contribution in [0.15, 0.2) is 24.3 Å². The van der Waals surface area contributed by atoms with Crippen LogP contribution in [0, 0.1) is 11.3 Å². The van der Waals surface area contributed by atoms with E-state index in [0.717, 1.165) is 5.75 Å². The van der Waals surface area contributed by atoms with Crippen LogP contribution in [-0.4, -0.2) is 36.9 Å². The van der Waals surface area contributed by atoms with E-state index < -0.39 is 0 Å². The van der Waals surface area contributed by atoms with Gasteiger partial charge in [0.25, 0.3) is 0 Å². The lowest BCUT2D eigenvalue weighted by Gasteiger charge is -2.21. The first-order chi connectivity index (χ1) is 9.08. The Morgan fingerprint density at radius 2 is 2.05 bits per heavy atom. The minimum absolute atomic E-state index is 0.0512. The maximum absolute atomic E-state index is 12.1. The number of nitrogens with zero attached hydrogens (tertiary/aromatic N) is 2. The molecule has 0 aliphatic carbocycles. The van der Waals surface area contributed by atoms with Crippen molar-refractivity contribution in [3.63, 3.8) is 0 Å². The Bertz CT molecular complexity index is 448. The van der Waals surface area contributed by atoms with Crippen LogP contribution in [-0.2, 0) is 0 Å². The molecule has 0 saturated carbocycles. The van der Waals surface area contributed by atoms with E-state index in [9.17, 15) is 4.79 Å². The molecule has 19 heavy (non-hydrogen) atoms. The van der Waals surface area contributed by atoms with Crippen LogP contribution in [0.25, 0.3) is 0 Å². The highest BCUT2D eigenvalue weighted by Crippen LogP contribution is 2.13. The number of carbonyl (C=O) groups excluding carboxylic acids is 1. The first-order valence-corrected chi connectivity index (χ1v) is 6.41. The summed E-state index contributed by atoms with van der Waals surface area (Å²) >= 11 is 0. The molecule has 1 rings (SSSR count). The van der Waals surface area contributed by atoms with Gasteiger partial charge in [-0.1, -0.05) is 0 Å². The van der Waals surface area contributed by atoms with Crippen LogP contribution >= 0.6 is 0 Å². The Balaban J connectivity index is 2.60. The Morgan fingerprint density at radius 1 is 1.42 bits per heavy atom. The van der Waals surface area contributed by atoms with Crippen LogP contribution in [0.2, 0.25) is 0 Å². The molecule has 1 aromatic rings. The summed E-state index contributed by atoms with van der Waals surface area (Å²) < 4.78 is 5.33. The highest BCUT2D eigenvalue weighted by atomic mass is 16.5. The van der Waals surface area contributed by atoms with Gasteiger partial charge in [0.05, 0.1) is 25.6 Å². The van der Waals surface area contributed by atoms with Gasteiger partial charge in [-0.2, -0.15) is 5.26 Å². The van der Waals surface area contributed by atoms with E-state index in [1.54, 1.807) is 24.3 Å². The molecule has 1 unspecified atom stereocenters. The number of likely N-dealkylation sites (N-methyl/N-ethyl adjacent to an activating group) is 1. The number of ketones is 1. The Labute approximate surface area is 114 Å². The number of rotatable bonds is 7. The second-order valence-corrected chi connectivity index (χ2v) is 4.51. The quantitative estimate of drug-likeness (QED) is 0.707. The van der Waals surface area contributed by atoms with Gasteiger partial charge in [0.15, 0.2) is 5.78 Å². The topological polar surface area (TPSA) is 53.3 Å². The monoisotopic (exact) mass is 260 g/mol. The molecule has 0 aliphatic heterocycles. The van der Waals surface area contributed by atoms with Crippen molar-refractivity contribution in [2.45, 2.75) is 26.3 Å². The molecule has 0 aromatic heterocycles. The number of ether oxygens (including phenoxy) is 1. The first kappa shape index (κ1) is 15.2. The summed E-state index contributed by atoms with van der Waals surface area (Å²) in [6, 6.07) is 9.34. The molecule has 1 aromatic carbocycles. The number of hydrogen-bond donors (Lipinski definition) is 0. The fourth-order valence-electron chi connectivity index (χ4n) is 1.67. The van der Waals surface area contributed by atoms with E-state index in [2.05, 4.69) is 6.07 Å². The molecule has 4 heteroatoms. The summed E-state index contributed by atoms with van der Waals surface area (Å²) in [5.41, 5.74) is 0.666. The van der Waals surface area contributed by atoms with Crippen molar-refractivity contribution in [2.24, 2.45) is 0 Å². The van der Waals surface area contributed by atoms with Crippen molar-refractivity contribution in [2.75, 3.05) is 20.2 Å². The zero-order valence-corrected chi connectivity index (χ0v) is 11.7. The number of benzene rings is 1. The summed E-state index contributed by atoms with van der Waals surface area (Å²) in [5.74, 6) is 0.820. The lowest BCUT2D eigenvalue weighted by Crippen LogP contribution is -2.33. The molecule has 0 N–H and O–H groups in total. The molecular formula is C15H20N2O2. The predicted molar refractivity (Wildman–Crippen MR) is 74.3 cm³/mol.